The molecule has 0 aliphatic heterocycles. The standard InChI is InChI=1S/C8H10FNO4S/c1-13-8-3-2-6(4-7(8)9)5-14-15(10,11)12/h2-4H,5H2,1H3,(H2,10,11,12). The first-order valence-electron chi connectivity index (χ1n) is 3.92. The highest BCUT2D eigenvalue weighted by atomic mass is 32.2. The molecular formula is C8H10FNO4S. The molecule has 0 amide bonds. The van der Waals surface area contributed by atoms with Gasteiger partial charge in [0.15, 0.2) is 11.6 Å². The maximum absolute atomic E-state index is 13.1. The fourth-order valence-corrected chi connectivity index (χ4v) is 1.25. The van der Waals surface area contributed by atoms with E-state index in [1.807, 2.05) is 0 Å². The molecule has 15 heavy (non-hydrogen) atoms. The summed E-state index contributed by atoms with van der Waals surface area (Å²) in [7, 11) is -2.67. The first-order chi connectivity index (χ1) is 6.92. The monoisotopic (exact) mass is 235 g/mol. The van der Waals surface area contributed by atoms with E-state index in [9.17, 15) is 12.8 Å². The molecule has 0 fully saturated rings. The van der Waals surface area contributed by atoms with Crippen molar-refractivity contribution >= 4 is 10.3 Å². The smallest absolute Gasteiger partial charge is 0.333 e. The van der Waals surface area contributed by atoms with Gasteiger partial charge in [-0.1, -0.05) is 6.07 Å². The van der Waals surface area contributed by atoms with E-state index in [2.05, 4.69) is 14.1 Å². The molecule has 0 aliphatic rings. The number of rotatable bonds is 4. The van der Waals surface area contributed by atoms with Crippen molar-refractivity contribution < 1.29 is 21.7 Å². The number of methoxy groups -OCH3 is 1. The maximum Gasteiger partial charge on any atom is 0.333 e. The Kier molecular flexibility index (Phi) is 3.61. The minimum Gasteiger partial charge on any atom is -0.494 e. The summed E-state index contributed by atoms with van der Waals surface area (Å²) < 4.78 is 43.0. The topological polar surface area (TPSA) is 78.6 Å². The van der Waals surface area contributed by atoms with Gasteiger partial charge in [-0.2, -0.15) is 8.42 Å². The predicted molar refractivity (Wildman–Crippen MR) is 50.8 cm³/mol. The van der Waals surface area contributed by atoms with Gasteiger partial charge in [-0.3, -0.25) is 4.18 Å². The summed E-state index contributed by atoms with van der Waals surface area (Å²) in [6, 6.07) is 3.97. The third-order valence-electron chi connectivity index (χ3n) is 1.61. The van der Waals surface area contributed by atoms with Crippen LogP contribution in [0.15, 0.2) is 18.2 Å². The second-order valence-electron chi connectivity index (χ2n) is 2.72. The molecule has 7 heteroatoms. The first-order valence-corrected chi connectivity index (χ1v) is 5.39. The summed E-state index contributed by atoms with van der Waals surface area (Å²) in [5.41, 5.74) is 0.349. The fourth-order valence-electron chi connectivity index (χ4n) is 0.950. The normalized spacial score (nSPS) is 11.4. The Balaban J connectivity index is 2.76. The van der Waals surface area contributed by atoms with Crippen LogP contribution in [0.4, 0.5) is 4.39 Å². The SMILES string of the molecule is COc1ccc(COS(N)(=O)=O)cc1F. The Bertz CT molecular complexity index is 446. The Morgan fingerprint density at radius 3 is 2.60 bits per heavy atom. The van der Waals surface area contributed by atoms with E-state index >= 15 is 0 Å². The Hall–Kier alpha value is -1.18. The Labute approximate surface area is 86.9 Å². The van der Waals surface area contributed by atoms with Crippen LogP contribution in [0, 0.1) is 5.82 Å². The highest BCUT2D eigenvalue weighted by molar-refractivity contribution is 7.84. The van der Waals surface area contributed by atoms with Gasteiger partial charge >= 0.3 is 10.3 Å². The molecule has 2 N–H and O–H groups in total. The van der Waals surface area contributed by atoms with Crippen LogP contribution in [0.2, 0.25) is 0 Å². The molecule has 0 aromatic heterocycles. The molecule has 0 aliphatic carbocycles. The van der Waals surface area contributed by atoms with E-state index < -0.39 is 16.1 Å². The molecule has 0 radical (unpaired) electrons. The van der Waals surface area contributed by atoms with E-state index in [-0.39, 0.29) is 12.4 Å². The lowest BCUT2D eigenvalue weighted by Gasteiger charge is -2.04. The van der Waals surface area contributed by atoms with Crippen LogP contribution in [0.1, 0.15) is 5.56 Å². The molecule has 1 aromatic rings. The zero-order valence-electron chi connectivity index (χ0n) is 7.94. The lowest BCUT2D eigenvalue weighted by atomic mass is 10.2. The predicted octanol–water partition coefficient (Wildman–Crippen LogP) is 0.554. The lowest BCUT2D eigenvalue weighted by molar-refractivity contribution is 0.307. The van der Waals surface area contributed by atoms with Crippen molar-refractivity contribution in [2.24, 2.45) is 5.14 Å². The van der Waals surface area contributed by atoms with Gasteiger partial charge < -0.3 is 4.74 Å². The molecule has 0 heterocycles. The van der Waals surface area contributed by atoms with Crippen molar-refractivity contribution in [1.82, 2.24) is 0 Å². The molecule has 0 atom stereocenters. The van der Waals surface area contributed by atoms with Crippen molar-refractivity contribution in [3.05, 3.63) is 29.6 Å². The summed E-state index contributed by atoms with van der Waals surface area (Å²) in [5.74, 6) is -0.512. The van der Waals surface area contributed by atoms with Crippen LogP contribution in [-0.2, 0) is 21.1 Å². The van der Waals surface area contributed by atoms with Gasteiger partial charge in [-0.05, 0) is 17.7 Å². The third kappa shape index (κ3) is 3.82. The van der Waals surface area contributed by atoms with Gasteiger partial charge in [0.25, 0.3) is 0 Å². The lowest BCUT2D eigenvalue weighted by Crippen LogP contribution is -2.15. The highest BCUT2D eigenvalue weighted by Crippen LogP contribution is 2.18. The summed E-state index contributed by atoms with van der Waals surface area (Å²) >= 11 is 0. The molecule has 0 spiro atoms. The summed E-state index contributed by atoms with van der Waals surface area (Å²) in [5, 5.41) is 4.61. The molecule has 0 bridgehead atoms. The van der Waals surface area contributed by atoms with Gasteiger partial charge in [-0.25, -0.2) is 9.53 Å². The molecule has 1 aromatic carbocycles. The van der Waals surface area contributed by atoms with E-state index in [1.165, 1.54) is 19.2 Å². The van der Waals surface area contributed by atoms with Crippen molar-refractivity contribution in [2.45, 2.75) is 6.61 Å². The van der Waals surface area contributed by atoms with Gasteiger partial charge in [0.2, 0.25) is 0 Å². The van der Waals surface area contributed by atoms with Gasteiger partial charge in [-0.15, -0.1) is 0 Å². The van der Waals surface area contributed by atoms with Crippen LogP contribution in [-0.4, -0.2) is 15.5 Å². The second kappa shape index (κ2) is 4.56. The molecule has 1 rings (SSSR count). The molecular weight excluding hydrogens is 225 g/mol. The zero-order valence-corrected chi connectivity index (χ0v) is 8.75. The molecule has 0 unspecified atom stereocenters. The van der Waals surface area contributed by atoms with Crippen molar-refractivity contribution in [3.63, 3.8) is 0 Å². The first kappa shape index (κ1) is 11.9. The van der Waals surface area contributed by atoms with Crippen molar-refractivity contribution in [2.75, 3.05) is 7.11 Å². The zero-order chi connectivity index (χ0) is 11.5. The van der Waals surface area contributed by atoms with Gasteiger partial charge in [0, 0.05) is 0 Å². The molecule has 84 valence electrons. The number of nitrogens with two attached hydrogens (primary N) is 1. The largest absolute Gasteiger partial charge is 0.494 e. The van der Waals surface area contributed by atoms with Crippen LogP contribution in [0.25, 0.3) is 0 Å². The summed E-state index contributed by atoms with van der Waals surface area (Å²) in [6.45, 7) is -0.306. The minimum absolute atomic E-state index is 0.0781. The highest BCUT2D eigenvalue weighted by Gasteiger charge is 2.06. The second-order valence-corrected chi connectivity index (χ2v) is 3.95. The summed E-state index contributed by atoms with van der Waals surface area (Å²) in [4.78, 5) is 0. The van der Waals surface area contributed by atoms with Crippen molar-refractivity contribution in [1.29, 1.82) is 0 Å². The third-order valence-corrected chi connectivity index (χ3v) is 2.05. The average molecular weight is 235 g/mol. The quantitative estimate of drug-likeness (QED) is 0.826. The minimum atomic E-state index is -4.00. The molecule has 0 saturated heterocycles. The van der Waals surface area contributed by atoms with E-state index in [0.29, 0.717) is 5.56 Å². The number of hydrogen-bond acceptors (Lipinski definition) is 4. The van der Waals surface area contributed by atoms with E-state index in [4.69, 9.17) is 0 Å². The number of hydrogen-bond donors (Lipinski definition) is 1. The molecule has 0 saturated carbocycles. The van der Waals surface area contributed by atoms with E-state index in [0.717, 1.165) is 6.07 Å². The fraction of sp³-hybridized carbons (Fsp3) is 0.250. The maximum atomic E-state index is 13.1. The number of ether oxygens (including phenoxy) is 1. The van der Waals surface area contributed by atoms with Crippen molar-refractivity contribution in [3.8, 4) is 5.75 Å². The summed E-state index contributed by atoms with van der Waals surface area (Å²) in [6.07, 6.45) is 0. The van der Waals surface area contributed by atoms with E-state index in [1.54, 1.807) is 0 Å². The van der Waals surface area contributed by atoms with Crippen LogP contribution < -0.4 is 9.88 Å². The Morgan fingerprint density at radius 2 is 2.13 bits per heavy atom. The van der Waals surface area contributed by atoms with Gasteiger partial charge in [0.05, 0.1) is 13.7 Å². The van der Waals surface area contributed by atoms with Crippen LogP contribution in [0.3, 0.4) is 0 Å². The van der Waals surface area contributed by atoms with Crippen LogP contribution in [0.5, 0.6) is 5.75 Å². The average Bonchev–Trinajstić information content (AvgIpc) is 2.14. The van der Waals surface area contributed by atoms with Gasteiger partial charge in [0.1, 0.15) is 0 Å². The Morgan fingerprint density at radius 1 is 1.47 bits per heavy atom. The number of benzene rings is 1. The molecule has 5 nitrogen and oxygen atoms in total. The van der Waals surface area contributed by atoms with Crippen LogP contribution >= 0.6 is 0 Å². The number of halogens is 1.